The standard InChI is InChI=1S/C20H13F6N7O2/c21-19(22,23)13-7-12(8-14(9-13)20(24,25)26)18-29-11-31(30-18)5-1-16(34)32-6-2-17(35)33(32)15-10-27-3-4-28-15/h1,3-5,7-11H,2,6H2/b5-1-. The number of nitrogens with zero attached hydrogens (tertiary/aromatic N) is 7. The summed E-state index contributed by atoms with van der Waals surface area (Å²) >= 11 is 0. The zero-order valence-electron chi connectivity index (χ0n) is 17.3. The number of halogens is 6. The van der Waals surface area contributed by atoms with Crippen molar-refractivity contribution in [2.24, 2.45) is 0 Å². The van der Waals surface area contributed by atoms with Gasteiger partial charge in [-0.05, 0) is 18.2 Å². The van der Waals surface area contributed by atoms with Gasteiger partial charge in [-0.25, -0.2) is 19.7 Å². The first-order chi connectivity index (χ1) is 16.4. The zero-order chi connectivity index (χ0) is 25.4. The van der Waals surface area contributed by atoms with Gasteiger partial charge in [0.25, 0.3) is 5.91 Å². The Labute approximate surface area is 192 Å². The third-order valence-electron chi connectivity index (χ3n) is 4.76. The monoisotopic (exact) mass is 497 g/mol. The summed E-state index contributed by atoms with van der Waals surface area (Å²) in [5.74, 6) is -1.33. The molecule has 0 atom stereocenters. The highest BCUT2D eigenvalue weighted by molar-refractivity contribution is 6.01. The summed E-state index contributed by atoms with van der Waals surface area (Å²) in [5, 5.41) is 5.98. The zero-order valence-corrected chi connectivity index (χ0v) is 17.3. The van der Waals surface area contributed by atoms with Crippen LogP contribution < -0.4 is 5.01 Å². The van der Waals surface area contributed by atoms with Gasteiger partial charge >= 0.3 is 12.4 Å². The van der Waals surface area contributed by atoms with Crippen molar-refractivity contribution in [3.05, 3.63) is 60.3 Å². The summed E-state index contributed by atoms with van der Waals surface area (Å²) in [6.45, 7) is 0.0612. The van der Waals surface area contributed by atoms with Crippen molar-refractivity contribution in [2.75, 3.05) is 11.6 Å². The summed E-state index contributed by atoms with van der Waals surface area (Å²) < 4.78 is 79.5. The van der Waals surface area contributed by atoms with E-state index in [0.717, 1.165) is 33.3 Å². The van der Waals surface area contributed by atoms with Crippen molar-refractivity contribution < 1.29 is 35.9 Å². The molecule has 0 unspecified atom stereocenters. The van der Waals surface area contributed by atoms with E-state index in [9.17, 15) is 35.9 Å². The van der Waals surface area contributed by atoms with Crippen molar-refractivity contribution in [1.82, 2.24) is 29.7 Å². The maximum absolute atomic E-state index is 13.1. The molecular weight excluding hydrogens is 484 g/mol. The fourth-order valence-corrected chi connectivity index (χ4v) is 3.19. The number of alkyl halides is 6. The Morgan fingerprint density at radius 2 is 1.66 bits per heavy atom. The van der Waals surface area contributed by atoms with Crippen LogP contribution in [0.15, 0.2) is 49.2 Å². The smallest absolute Gasteiger partial charge is 0.272 e. The van der Waals surface area contributed by atoms with E-state index in [-0.39, 0.29) is 30.8 Å². The van der Waals surface area contributed by atoms with Crippen LogP contribution in [0.2, 0.25) is 0 Å². The van der Waals surface area contributed by atoms with Gasteiger partial charge in [0.1, 0.15) is 6.33 Å². The number of amides is 2. The second kappa shape index (κ2) is 8.81. The van der Waals surface area contributed by atoms with Crippen molar-refractivity contribution in [2.45, 2.75) is 18.8 Å². The molecule has 0 spiro atoms. The molecule has 15 heteroatoms. The van der Waals surface area contributed by atoms with Gasteiger partial charge in [0.15, 0.2) is 11.6 Å². The summed E-state index contributed by atoms with van der Waals surface area (Å²) in [5.41, 5.74) is -3.52. The third-order valence-corrected chi connectivity index (χ3v) is 4.76. The average Bonchev–Trinajstić information content (AvgIpc) is 3.43. The molecule has 2 aromatic heterocycles. The first-order valence-electron chi connectivity index (χ1n) is 9.73. The van der Waals surface area contributed by atoms with E-state index in [1.165, 1.54) is 18.6 Å². The van der Waals surface area contributed by atoms with Crippen LogP contribution in [0.5, 0.6) is 0 Å². The van der Waals surface area contributed by atoms with Crippen LogP contribution >= 0.6 is 0 Å². The molecule has 1 aromatic carbocycles. The number of benzene rings is 1. The molecule has 1 saturated heterocycles. The number of hydrazine groups is 1. The Kier molecular flexibility index (Phi) is 6.00. The van der Waals surface area contributed by atoms with Gasteiger partial charge in [0, 0.05) is 36.7 Å². The molecule has 2 amide bonds. The first kappa shape index (κ1) is 23.8. The summed E-state index contributed by atoms with van der Waals surface area (Å²) in [7, 11) is 0. The summed E-state index contributed by atoms with van der Waals surface area (Å²) in [6, 6.07) is 0.996. The molecule has 182 valence electrons. The number of carbonyl (C=O) groups excluding carboxylic acids is 2. The van der Waals surface area contributed by atoms with Gasteiger partial charge in [-0.2, -0.15) is 31.4 Å². The number of hydrogen-bond acceptors (Lipinski definition) is 6. The van der Waals surface area contributed by atoms with E-state index in [1.54, 1.807) is 0 Å². The lowest BCUT2D eigenvalue weighted by molar-refractivity contribution is -0.143. The Balaban J connectivity index is 1.57. The molecule has 35 heavy (non-hydrogen) atoms. The van der Waals surface area contributed by atoms with Crippen LogP contribution in [0.1, 0.15) is 17.5 Å². The normalized spacial score (nSPS) is 14.9. The van der Waals surface area contributed by atoms with Crippen molar-refractivity contribution in [3.8, 4) is 11.4 Å². The SMILES string of the molecule is O=C(/C=C\n1cnc(-c2cc(C(F)(F)F)cc(C(F)(F)F)c2)n1)N1CCC(=O)N1c1cnccn1. The lowest BCUT2D eigenvalue weighted by atomic mass is 10.0. The Bertz CT molecular complexity index is 1250. The van der Waals surface area contributed by atoms with Crippen LogP contribution in [0, 0.1) is 0 Å². The molecule has 1 aliphatic heterocycles. The molecule has 1 fully saturated rings. The largest absolute Gasteiger partial charge is 0.416 e. The number of hydrogen-bond donors (Lipinski definition) is 0. The molecule has 1 aliphatic rings. The lowest BCUT2D eigenvalue weighted by Gasteiger charge is -2.25. The van der Waals surface area contributed by atoms with Gasteiger partial charge < -0.3 is 0 Å². The maximum atomic E-state index is 13.1. The molecule has 0 saturated carbocycles. The minimum absolute atomic E-state index is 0.000726. The topological polar surface area (TPSA) is 97.1 Å². The van der Waals surface area contributed by atoms with Crippen LogP contribution in [0.25, 0.3) is 17.6 Å². The molecule has 4 rings (SSSR count). The molecule has 0 aliphatic carbocycles. The molecule has 0 bridgehead atoms. The lowest BCUT2D eigenvalue weighted by Crippen LogP contribution is -2.43. The highest BCUT2D eigenvalue weighted by Crippen LogP contribution is 2.38. The van der Waals surface area contributed by atoms with Gasteiger partial charge in [-0.3, -0.25) is 14.6 Å². The predicted octanol–water partition coefficient (Wildman–Crippen LogP) is 3.42. The predicted molar refractivity (Wildman–Crippen MR) is 107 cm³/mol. The number of carbonyl (C=O) groups is 2. The van der Waals surface area contributed by atoms with Crippen molar-refractivity contribution in [1.29, 1.82) is 0 Å². The molecule has 3 aromatic rings. The van der Waals surface area contributed by atoms with Gasteiger partial charge in [0.05, 0.1) is 23.9 Å². The third kappa shape index (κ3) is 5.12. The van der Waals surface area contributed by atoms with E-state index < -0.39 is 40.8 Å². The average molecular weight is 497 g/mol. The van der Waals surface area contributed by atoms with E-state index in [0.29, 0.717) is 12.1 Å². The molecule has 0 N–H and O–H groups in total. The maximum Gasteiger partial charge on any atom is 0.416 e. The van der Waals surface area contributed by atoms with Crippen LogP contribution in [-0.4, -0.2) is 48.1 Å². The van der Waals surface area contributed by atoms with Gasteiger partial charge in [-0.15, -0.1) is 5.10 Å². The minimum Gasteiger partial charge on any atom is -0.272 e. The van der Waals surface area contributed by atoms with Crippen LogP contribution in [0.3, 0.4) is 0 Å². The Morgan fingerprint density at radius 3 is 2.26 bits per heavy atom. The van der Waals surface area contributed by atoms with E-state index in [4.69, 9.17) is 0 Å². The van der Waals surface area contributed by atoms with Crippen LogP contribution in [0.4, 0.5) is 32.2 Å². The van der Waals surface area contributed by atoms with Crippen molar-refractivity contribution >= 4 is 23.8 Å². The van der Waals surface area contributed by atoms with Crippen LogP contribution in [-0.2, 0) is 21.9 Å². The number of anilines is 1. The summed E-state index contributed by atoms with van der Waals surface area (Å²) in [6.07, 6.45) is -2.87. The Morgan fingerprint density at radius 1 is 0.971 bits per heavy atom. The van der Waals surface area contributed by atoms with E-state index in [1.807, 2.05) is 0 Å². The highest BCUT2D eigenvalue weighted by atomic mass is 19.4. The second-order valence-electron chi connectivity index (χ2n) is 7.14. The summed E-state index contributed by atoms with van der Waals surface area (Å²) in [4.78, 5) is 36.4. The Hall–Kier alpha value is -4.30. The fraction of sp³-hybridized carbons (Fsp3) is 0.200. The first-order valence-corrected chi connectivity index (χ1v) is 9.73. The second-order valence-corrected chi connectivity index (χ2v) is 7.14. The van der Waals surface area contributed by atoms with Gasteiger partial charge in [-0.1, -0.05) is 0 Å². The van der Waals surface area contributed by atoms with Crippen molar-refractivity contribution in [3.63, 3.8) is 0 Å². The van der Waals surface area contributed by atoms with Gasteiger partial charge in [0.2, 0.25) is 5.91 Å². The molecule has 3 heterocycles. The molecular formula is C20H13F6N7O2. The molecule has 0 radical (unpaired) electrons. The highest BCUT2D eigenvalue weighted by Gasteiger charge is 2.37. The number of rotatable bonds is 4. The van der Waals surface area contributed by atoms with E-state index >= 15 is 0 Å². The number of aromatic nitrogens is 5. The minimum atomic E-state index is -5.02. The van der Waals surface area contributed by atoms with E-state index in [2.05, 4.69) is 20.1 Å². The fourth-order valence-electron chi connectivity index (χ4n) is 3.19. The molecule has 9 nitrogen and oxygen atoms in total. The quantitative estimate of drug-likeness (QED) is 0.405.